The molecule has 2 aliphatic heterocycles. The molecule has 0 N–H and O–H groups in total. The molecule has 2 aromatic rings. The molecule has 4 heteroatoms. The van der Waals surface area contributed by atoms with Crippen molar-refractivity contribution in [2.24, 2.45) is 11.3 Å². The zero-order valence-electron chi connectivity index (χ0n) is 16.5. The van der Waals surface area contributed by atoms with Gasteiger partial charge in [-0.05, 0) is 41.5 Å². The maximum absolute atomic E-state index is 13.5. The third kappa shape index (κ3) is 2.04. The summed E-state index contributed by atoms with van der Waals surface area (Å²) in [5.74, 6) is -0.999. The van der Waals surface area contributed by atoms with E-state index >= 15 is 0 Å². The molecule has 3 aliphatic carbocycles. The average Bonchev–Trinajstić information content (AvgIpc) is 3.21. The number of fused-ring (bicyclic) bond motifs is 1. The number of carbonyl (C=O) groups excluding carboxylic acids is 2. The summed E-state index contributed by atoms with van der Waals surface area (Å²) in [5.41, 5.74) is 4.06. The highest BCUT2D eigenvalue weighted by Crippen LogP contribution is 2.67. The van der Waals surface area contributed by atoms with E-state index in [1.54, 1.807) is 0 Å². The Kier molecular flexibility index (Phi) is 3.54. The van der Waals surface area contributed by atoms with Gasteiger partial charge in [0.1, 0.15) is 12.0 Å². The number of unbranched alkanes of at least 4 members (excludes halogenated alkanes) is 1. The van der Waals surface area contributed by atoms with Gasteiger partial charge >= 0.3 is 11.9 Å². The Bertz CT molecular complexity index is 979. The normalized spacial score (nSPS) is 35.8. The number of rotatable bonds is 3. The SMILES string of the molecule is CCCC[C@H]1OC(=O)[C@@H]2[C@H]1OC(=O)[C@@]21CC2c3ccccc3C1c1ccccc12. The monoisotopic (exact) mass is 388 g/mol. The molecule has 0 amide bonds. The van der Waals surface area contributed by atoms with E-state index in [1.807, 2.05) is 12.1 Å². The summed E-state index contributed by atoms with van der Waals surface area (Å²) >= 11 is 0. The van der Waals surface area contributed by atoms with Crippen molar-refractivity contribution in [2.45, 2.75) is 56.7 Å². The van der Waals surface area contributed by atoms with Crippen LogP contribution < -0.4 is 0 Å². The van der Waals surface area contributed by atoms with E-state index in [4.69, 9.17) is 9.47 Å². The summed E-state index contributed by atoms with van der Waals surface area (Å²) in [6.45, 7) is 2.12. The summed E-state index contributed by atoms with van der Waals surface area (Å²) in [6.07, 6.45) is 2.62. The fourth-order valence-electron chi connectivity index (χ4n) is 6.53. The first-order chi connectivity index (χ1) is 14.2. The van der Waals surface area contributed by atoms with Gasteiger partial charge in [-0.2, -0.15) is 0 Å². The molecule has 1 spiro atoms. The lowest BCUT2D eigenvalue weighted by Crippen LogP contribution is -2.50. The van der Waals surface area contributed by atoms with Crippen molar-refractivity contribution in [3.63, 3.8) is 0 Å². The second kappa shape index (κ2) is 5.94. The van der Waals surface area contributed by atoms with E-state index in [1.165, 1.54) is 22.3 Å². The molecule has 5 aliphatic rings. The van der Waals surface area contributed by atoms with Gasteiger partial charge < -0.3 is 9.47 Å². The van der Waals surface area contributed by atoms with E-state index in [2.05, 4.69) is 43.3 Å². The van der Waals surface area contributed by atoms with Gasteiger partial charge in [0.2, 0.25) is 0 Å². The van der Waals surface area contributed by atoms with Gasteiger partial charge in [0.05, 0.1) is 5.41 Å². The van der Waals surface area contributed by atoms with Crippen LogP contribution >= 0.6 is 0 Å². The number of benzene rings is 2. The van der Waals surface area contributed by atoms with Crippen LogP contribution in [-0.4, -0.2) is 24.1 Å². The first-order valence-corrected chi connectivity index (χ1v) is 10.8. The van der Waals surface area contributed by atoms with Crippen molar-refractivity contribution >= 4 is 11.9 Å². The van der Waals surface area contributed by atoms with E-state index in [0.717, 1.165) is 19.3 Å². The van der Waals surface area contributed by atoms with Crippen molar-refractivity contribution in [1.82, 2.24) is 0 Å². The molecule has 0 saturated carbocycles. The van der Waals surface area contributed by atoms with Crippen LogP contribution in [0.2, 0.25) is 0 Å². The zero-order chi connectivity index (χ0) is 19.8. The van der Waals surface area contributed by atoms with E-state index < -0.39 is 17.4 Å². The quantitative estimate of drug-likeness (QED) is 0.735. The minimum Gasteiger partial charge on any atom is -0.458 e. The van der Waals surface area contributed by atoms with Crippen molar-refractivity contribution in [1.29, 1.82) is 0 Å². The van der Waals surface area contributed by atoms with Crippen LogP contribution in [0.4, 0.5) is 0 Å². The van der Waals surface area contributed by atoms with Crippen LogP contribution in [0.3, 0.4) is 0 Å². The smallest absolute Gasteiger partial charge is 0.314 e. The van der Waals surface area contributed by atoms with Crippen molar-refractivity contribution in [3.05, 3.63) is 70.8 Å². The van der Waals surface area contributed by atoms with Crippen molar-refractivity contribution in [2.75, 3.05) is 0 Å². The molecule has 4 nitrogen and oxygen atoms in total. The molecule has 2 heterocycles. The van der Waals surface area contributed by atoms with Gasteiger partial charge in [0.25, 0.3) is 0 Å². The molecule has 2 saturated heterocycles. The van der Waals surface area contributed by atoms with Gasteiger partial charge in [0.15, 0.2) is 6.10 Å². The lowest BCUT2D eigenvalue weighted by molar-refractivity contribution is -0.162. The summed E-state index contributed by atoms with van der Waals surface area (Å²) in [7, 11) is 0. The Morgan fingerprint density at radius 2 is 1.55 bits per heavy atom. The van der Waals surface area contributed by atoms with E-state index in [0.29, 0.717) is 6.42 Å². The van der Waals surface area contributed by atoms with Gasteiger partial charge in [0, 0.05) is 11.8 Å². The van der Waals surface area contributed by atoms with Crippen LogP contribution in [0.1, 0.15) is 66.7 Å². The third-order valence-electron chi connectivity index (χ3n) is 7.66. The van der Waals surface area contributed by atoms with E-state index in [9.17, 15) is 9.59 Å². The highest BCUT2D eigenvalue weighted by Gasteiger charge is 2.72. The Morgan fingerprint density at radius 1 is 0.931 bits per heavy atom. The van der Waals surface area contributed by atoms with Gasteiger partial charge in [-0.25, -0.2) is 0 Å². The lowest BCUT2D eigenvalue weighted by Gasteiger charge is -2.50. The topological polar surface area (TPSA) is 52.6 Å². The Labute approximate surface area is 170 Å². The predicted molar refractivity (Wildman–Crippen MR) is 106 cm³/mol. The van der Waals surface area contributed by atoms with Crippen LogP contribution in [0.25, 0.3) is 0 Å². The van der Waals surface area contributed by atoms with Crippen LogP contribution in [-0.2, 0) is 19.1 Å². The fourth-order valence-corrected chi connectivity index (χ4v) is 6.53. The fraction of sp³-hybridized carbons (Fsp3) is 0.440. The van der Waals surface area contributed by atoms with E-state index in [-0.39, 0.29) is 29.9 Å². The average molecular weight is 388 g/mol. The van der Waals surface area contributed by atoms with Crippen LogP contribution in [0.5, 0.6) is 0 Å². The molecule has 2 fully saturated rings. The summed E-state index contributed by atoms with van der Waals surface area (Å²) in [4.78, 5) is 26.6. The summed E-state index contributed by atoms with van der Waals surface area (Å²) in [5, 5.41) is 0. The second-order valence-corrected chi connectivity index (χ2v) is 8.95. The van der Waals surface area contributed by atoms with Gasteiger partial charge in [-0.3, -0.25) is 9.59 Å². The number of cyclic esters (lactones) is 1. The molecule has 0 aromatic heterocycles. The van der Waals surface area contributed by atoms with Crippen LogP contribution in [0.15, 0.2) is 48.5 Å². The Morgan fingerprint density at radius 3 is 2.17 bits per heavy atom. The molecule has 7 rings (SSSR count). The molecule has 4 atom stereocenters. The highest BCUT2D eigenvalue weighted by atomic mass is 16.6. The minimum absolute atomic E-state index is 0.112. The molecular weight excluding hydrogens is 364 g/mol. The standard InChI is InChI=1S/C25H24O4/c1-2-3-12-19-22-21(23(26)28-19)25(24(27)29-22)13-18-14-8-4-6-10-16(14)20(25)17-11-7-5-9-15(17)18/h4-11,18-22H,2-3,12-13H2,1H3/t18?,19-,20?,21+,22+,25-/m1/s1. The molecule has 0 unspecified atom stereocenters. The first kappa shape index (κ1) is 17.3. The highest BCUT2D eigenvalue weighted by molar-refractivity contribution is 5.93. The minimum atomic E-state index is -0.851. The predicted octanol–water partition coefficient (Wildman–Crippen LogP) is 4.31. The first-order valence-electron chi connectivity index (χ1n) is 10.8. The Balaban J connectivity index is 1.53. The molecule has 148 valence electrons. The summed E-state index contributed by atoms with van der Waals surface area (Å²) < 4.78 is 11.7. The number of ether oxygens (including phenoxy) is 2. The summed E-state index contributed by atoms with van der Waals surface area (Å²) in [6, 6.07) is 16.8. The largest absolute Gasteiger partial charge is 0.458 e. The maximum atomic E-state index is 13.5. The lowest BCUT2D eigenvalue weighted by atomic mass is 9.48. The zero-order valence-corrected chi connectivity index (χ0v) is 16.5. The third-order valence-corrected chi connectivity index (χ3v) is 7.66. The number of hydrogen-bond acceptors (Lipinski definition) is 4. The van der Waals surface area contributed by atoms with Crippen LogP contribution in [0, 0.1) is 11.3 Å². The maximum Gasteiger partial charge on any atom is 0.314 e. The molecule has 2 aromatic carbocycles. The number of esters is 2. The van der Waals surface area contributed by atoms with Gasteiger partial charge in [-0.15, -0.1) is 0 Å². The molecular formula is C25H24O4. The molecule has 2 bridgehead atoms. The van der Waals surface area contributed by atoms with Gasteiger partial charge in [-0.1, -0.05) is 61.9 Å². The van der Waals surface area contributed by atoms with Crippen molar-refractivity contribution < 1.29 is 19.1 Å². The van der Waals surface area contributed by atoms with Crippen molar-refractivity contribution in [3.8, 4) is 0 Å². The second-order valence-electron chi connectivity index (χ2n) is 8.95. The Hall–Kier alpha value is -2.62. The molecule has 0 radical (unpaired) electrons. The number of carbonyl (C=O) groups is 2. The number of hydrogen-bond donors (Lipinski definition) is 0. The molecule has 29 heavy (non-hydrogen) atoms.